The van der Waals surface area contributed by atoms with E-state index >= 15 is 0 Å². The van der Waals surface area contributed by atoms with Crippen LogP contribution in [0.25, 0.3) is 0 Å². The molecule has 3 amide bonds. The van der Waals surface area contributed by atoms with Crippen LogP contribution < -0.4 is 10.6 Å². The Morgan fingerprint density at radius 1 is 1.18 bits per heavy atom. The first-order valence-electron chi connectivity index (χ1n) is 7.90. The number of rotatable bonds is 8. The highest BCUT2D eigenvalue weighted by Gasteiger charge is 2.26. The third kappa shape index (κ3) is 6.62. The number of hydrogen-bond acceptors (Lipinski definition) is 4. The fourth-order valence-electron chi connectivity index (χ4n) is 2.38. The van der Waals surface area contributed by atoms with Crippen molar-refractivity contribution in [1.29, 1.82) is 0 Å². The number of nitrogens with zero attached hydrogens (tertiary/aromatic N) is 1. The van der Waals surface area contributed by atoms with Gasteiger partial charge in [0.15, 0.2) is 0 Å². The predicted molar refractivity (Wildman–Crippen MR) is 83.7 cm³/mol. The van der Waals surface area contributed by atoms with Gasteiger partial charge in [0.25, 0.3) is 0 Å². The van der Waals surface area contributed by atoms with Crippen molar-refractivity contribution in [2.75, 3.05) is 47.0 Å². The van der Waals surface area contributed by atoms with Crippen LogP contribution in [0.1, 0.15) is 26.2 Å². The Bertz CT molecular complexity index is 344. The molecule has 0 aromatic carbocycles. The van der Waals surface area contributed by atoms with Gasteiger partial charge in [-0.2, -0.15) is 0 Å². The Balaban J connectivity index is 2.21. The van der Waals surface area contributed by atoms with E-state index in [0.717, 1.165) is 6.42 Å². The molecule has 1 atom stereocenters. The lowest BCUT2D eigenvalue weighted by atomic mass is 9.96. The fourth-order valence-corrected chi connectivity index (χ4v) is 2.38. The average molecular weight is 315 g/mol. The van der Waals surface area contributed by atoms with Crippen LogP contribution in [0.4, 0.5) is 4.79 Å². The molecule has 1 rings (SSSR count). The lowest BCUT2D eigenvalue weighted by molar-refractivity contribution is -0.126. The summed E-state index contributed by atoms with van der Waals surface area (Å²) < 4.78 is 10.0. The second-order valence-corrected chi connectivity index (χ2v) is 5.61. The van der Waals surface area contributed by atoms with Gasteiger partial charge >= 0.3 is 6.03 Å². The summed E-state index contributed by atoms with van der Waals surface area (Å²) in [4.78, 5) is 25.7. The van der Waals surface area contributed by atoms with Crippen molar-refractivity contribution >= 4 is 11.9 Å². The van der Waals surface area contributed by atoms with E-state index in [2.05, 4.69) is 10.6 Å². The van der Waals surface area contributed by atoms with Gasteiger partial charge in [0, 0.05) is 46.3 Å². The molecule has 0 bridgehead atoms. The number of urea groups is 1. The van der Waals surface area contributed by atoms with Crippen LogP contribution in [-0.2, 0) is 14.3 Å². The maximum absolute atomic E-state index is 12.0. The van der Waals surface area contributed by atoms with Gasteiger partial charge in [0.1, 0.15) is 0 Å². The van der Waals surface area contributed by atoms with Crippen molar-refractivity contribution < 1.29 is 19.1 Å². The molecule has 7 heteroatoms. The van der Waals surface area contributed by atoms with Gasteiger partial charge in [0.05, 0.1) is 12.7 Å². The molecule has 0 saturated carbocycles. The van der Waals surface area contributed by atoms with E-state index in [9.17, 15) is 9.59 Å². The summed E-state index contributed by atoms with van der Waals surface area (Å²) in [6.45, 7) is 4.87. The number of methoxy groups -OCH3 is 2. The van der Waals surface area contributed by atoms with Crippen LogP contribution in [0.15, 0.2) is 0 Å². The monoisotopic (exact) mass is 315 g/mol. The summed E-state index contributed by atoms with van der Waals surface area (Å²) in [6, 6.07) is -0.0541. The SMILES string of the molecule is COCCNC(=O)C1CCN(C(=O)NCCC(C)OC)CC1. The second kappa shape index (κ2) is 10.4. The van der Waals surface area contributed by atoms with E-state index in [-0.39, 0.29) is 24.0 Å². The number of amides is 3. The van der Waals surface area contributed by atoms with Gasteiger partial charge in [-0.15, -0.1) is 0 Å². The molecule has 7 nitrogen and oxygen atoms in total. The smallest absolute Gasteiger partial charge is 0.317 e. The molecule has 22 heavy (non-hydrogen) atoms. The first-order chi connectivity index (χ1) is 10.6. The zero-order valence-corrected chi connectivity index (χ0v) is 13.9. The molecule has 0 aliphatic carbocycles. The highest BCUT2D eigenvalue weighted by molar-refractivity contribution is 5.79. The summed E-state index contributed by atoms with van der Waals surface area (Å²) >= 11 is 0. The molecule has 2 N–H and O–H groups in total. The number of likely N-dealkylation sites (tertiary alicyclic amines) is 1. The predicted octanol–water partition coefficient (Wildman–Crippen LogP) is 0.596. The molecule has 0 radical (unpaired) electrons. The minimum atomic E-state index is -0.0541. The Labute approximate surface area is 132 Å². The molecule has 1 aliphatic heterocycles. The van der Waals surface area contributed by atoms with Gasteiger partial charge in [-0.3, -0.25) is 4.79 Å². The van der Waals surface area contributed by atoms with E-state index in [4.69, 9.17) is 9.47 Å². The molecule has 1 aliphatic rings. The lowest BCUT2D eigenvalue weighted by Crippen LogP contribution is -2.47. The van der Waals surface area contributed by atoms with E-state index < -0.39 is 0 Å². The first kappa shape index (κ1) is 18.7. The molecule has 1 heterocycles. The number of nitrogens with one attached hydrogen (secondary N) is 2. The zero-order valence-electron chi connectivity index (χ0n) is 13.9. The largest absolute Gasteiger partial charge is 0.383 e. The zero-order chi connectivity index (χ0) is 16.4. The highest BCUT2D eigenvalue weighted by atomic mass is 16.5. The van der Waals surface area contributed by atoms with Crippen molar-refractivity contribution in [3.63, 3.8) is 0 Å². The van der Waals surface area contributed by atoms with Gasteiger partial charge < -0.3 is 25.0 Å². The number of piperidine rings is 1. The molecule has 1 saturated heterocycles. The maximum atomic E-state index is 12.0. The molecule has 1 fully saturated rings. The van der Waals surface area contributed by atoms with Crippen LogP contribution in [0.5, 0.6) is 0 Å². The van der Waals surface area contributed by atoms with Crippen molar-refractivity contribution in [3.05, 3.63) is 0 Å². The molecule has 1 unspecified atom stereocenters. The Kier molecular flexibility index (Phi) is 8.84. The van der Waals surface area contributed by atoms with E-state index in [0.29, 0.717) is 45.6 Å². The van der Waals surface area contributed by atoms with Crippen molar-refractivity contribution in [2.45, 2.75) is 32.3 Å². The number of carbonyl (C=O) groups is 2. The highest BCUT2D eigenvalue weighted by Crippen LogP contribution is 2.17. The molecule has 128 valence electrons. The van der Waals surface area contributed by atoms with Crippen LogP contribution in [0.3, 0.4) is 0 Å². The van der Waals surface area contributed by atoms with Crippen LogP contribution in [-0.4, -0.2) is 69.9 Å². The van der Waals surface area contributed by atoms with Gasteiger partial charge in [-0.25, -0.2) is 4.79 Å². The number of carbonyl (C=O) groups excluding carboxylic acids is 2. The fraction of sp³-hybridized carbons (Fsp3) is 0.867. The number of ether oxygens (including phenoxy) is 2. The van der Waals surface area contributed by atoms with Gasteiger partial charge in [0.2, 0.25) is 5.91 Å². The topological polar surface area (TPSA) is 79.9 Å². The summed E-state index contributed by atoms with van der Waals surface area (Å²) in [5, 5.41) is 5.75. The van der Waals surface area contributed by atoms with Crippen LogP contribution in [0.2, 0.25) is 0 Å². The molecular formula is C15H29N3O4. The van der Waals surface area contributed by atoms with Crippen molar-refractivity contribution in [2.24, 2.45) is 5.92 Å². The Morgan fingerprint density at radius 3 is 2.45 bits per heavy atom. The van der Waals surface area contributed by atoms with Crippen LogP contribution in [0, 0.1) is 5.92 Å². The average Bonchev–Trinajstić information content (AvgIpc) is 2.54. The van der Waals surface area contributed by atoms with Gasteiger partial charge in [-0.05, 0) is 26.2 Å². The third-order valence-electron chi connectivity index (χ3n) is 3.99. The minimum absolute atomic E-state index is 0.00517. The van der Waals surface area contributed by atoms with E-state index in [1.54, 1.807) is 19.1 Å². The number of hydrogen-bond donors (Lipinski definition) is 2. The van der Waals surface area contributed by atoms with Crippen LogP contribution >= 0.6 is 0 Å². The molecular weight excluding hydrogens is 286 g/mol. The first-order valence-corrected chi connectivity index (χ1v) is 7.90. The Hall–Kier alpha value is -1.34. The van der Waals surface area contributed by atoms with E-state index in [1.165, 1.54) is 0 Å². The van der Waals surface area contributed by atoms with Gasteiger partial charge in [-0.1, -0.05) is 0 Å². The van der Waals surface area contributed by atoms with Crippen molar-refractivity contribution in [3.8, 4) is 0 Å². The second-order valence-electron chi connectivity index (χ2n) is 5.61. The quantitative estimate of drug-likeness (QED) is 0.643. The summed E-state index contributed by atoms with van der Waals surface area (Å²) in [6.07, 6.45) is 2.35. The van der Waals surface area contributed by atoms with E-state index in [1.807, 2.05) is 6.92 Å². The summed E-state index contributed by atoms with van der Waals surface area (Å²) in [7, 11) is 3.27. The summed E-state index contributed by atoms with van der Waals surface area (Å²) in [5.41, 5.74) is 0. The molecule has 0 aromatic rings. The molecule has 0 aromatic heterocycles. The van der Waals surface area contributed by atoms with Crippen molar-refractivity contribution in [1.82, 2.24) is 15.5 Å². The summed E-state index contributed by atoms with van der Waals surface area (Å²) in [5.74, 6) is 0.0560. The maximum Gasteiger partial charge on any atom is 0.317 e. The normalized spacial score (nSPS) is 17.1. The minimum Gasteiger partial charge on any atom is -0.383 e. The third-order valence-corrected chi connectivity index (χ3v) is 3.99. The lowest BCUT2D eigenvalue weighted by Gasteiger charge is -2.31. The standard InChI is InChI=1S/C15H29N3O4/c1-12(22-3)4-7-17-15(20)18-9-5-13(6-10-18)14(19)16-8-11-21-2/h12-13H,4-11H2,1-3H3,(H,16,19)(H,17,20). The molecule has 0 spiro atoms. The Morgan fingerprint density at radius 2 is 1.86 bits per heavy atom.